The fourth-order valence-electron chi connectivity index (χ4n) is 2.36. The molecule has 2 N–H and O–H groups in total. The smallest absolute Gasteiger partial charge is 0.352 e. The Kier molecular flexibility index (Phi) is 7.90. The average Bonchev–Trinajstić information content (AvgIpc) is 2.60. The lowest BCUT2D eigenvalue weighted by atomic mass is 10.1. The SMILES string of the molecule is CCOc1cc(/C=C(/NC(C)=O)C(=O)O)cc(Cl)c1OCc1cccc(Br)c1. The molecule has 0 unspecified atom stereocenters. The number of carboxylic acid groups (broad SMARTS) is 1. The first-order chi connectivity index (χ1) is 13.3. The number of nitrogens with one attached hydrogen (secondary N) is 1. The van der Waals surface area contributed by atoms with Crippen molar-refractivity contribution in [3.8, 4) is 11.5 Å². The van der Waals surface area contributed by atoms with E-state index in [0.717, 1.165) is 10.0 Å². The minimum absolute atomic E-state index is 0.264. The highest BCUT2D eigenvalue weighted by Gasteiger charge is 2.15. The number of carboxylic acids is 1. The summed E-state index contributed by atoms with van der Waals surface area (Å²) in [6.07, 6.45) is 1.30. The van der Waals surface area contributed by atoms with Gasteiger partial charge in [-0.2, -0.15) is 0 Å². The maximum absolute atomic E-state index is 11.3. The van der Waals surface area contributed by atoms with Crippen LogP contribution in [0.5, 0.6) is 11.5 Å². The molecule has 0 aromatic heterocycles. The van der Waals surface area contributed by atoms with Gasteiger partial charge in [0, 0.05) is 11.4 Å². The molecule has 2 rings (SSSR count). The number of ether oxygens (including phenoxy) is 2. The van der Waals surface area contributed by atoms with Gasteiger partial charge in [0.25, 0.3) is 0 Å². The molecule has 8 heteroatoms. The minimum Gasteiger partial charge on any atom is -0.490 e. The molecular weight excluding hydrogens is 450 g/mol. The predicted molar refractivity (Wildman–Crippen MR) is 111 cm³/mol. The quantitative estimate of drug-likeness (QED) is 0.551. The summed E-state index contributed by atoms with van der Waals surface area (Å²) in [5, 5.41) is 11.8. The molecule has 2 aromatic carbocycles. The zero-order chi connectivity index (χ0) is 20.7. The van der Waals surface area contributed by atoms with E-state index in [-0.39, 0.29) is 17.3 Å². The molecule has 0 spiro atoms. The molecule has 0 heterocycles. The van der Waals surface area contributed by atoms with E-state index in [9.17, 15) is 14.7 Å². The van der Waals surface area contributed by atoms with Crippen molar-refractivity contribution in [1.82, 2.24) is 5.32 Å². The van der Waals surface area contributed by atoms with Gasteiger partial charge in [0.15, 0.2) is 11.5 Å². The maximum atomic E-state index is 11.3. The van der Waals surface area contributed by atoms with Gasteiger partial charge in [0.1, 0.15) is 12.3 Å². The molecule has 0 saturated heterocycles. The largest absolute Gasteiger partial charge is 0.490 e. The molecular formula is C20H19BrClNO5. The van der Waals surface area contributed by atoms with E-state index in [0.29, 0.717) is 23.7 Å². The van der Waals surface area contributed by atoms with Gasteiger partial charge in [-0.05, 0) is 48.4 Å². The summed E-state index contributed by atoms with van der Waals surface area (Å²) < 4.78 is 12.4. The van der Waals surface area contributed by atoms with Gasteiger partial charge in [0.05, 0.1) is 11.6 Å². The number of hydrogen-bond acceptors (Lipinski definition) is 4. The Balaban J connectivity index is 2.34. The number of carbonyl (C=O) groups excluding carboxylic acids is 1. The van der Waals surface area contributed by atoms with Crippen molar-refractivity contribution in [2.45, 2.75) is 20.5 Å². The molecule has 6 nitrogen and oxygen atoms in total. The van der Waals surface area contributed by atoms with Crippen LogP contribution in [0.25, 0.3) is 6.08 Å². The van der Waals surface area contributed by atoms with Crippen LogP contribution in [0.4, 0.5) is 0 Å². The average molecular weight is 469 g/mol. The molecule has 0 aliphatic carbocycles. The van der Waals surface area contributed by atoms with Crippen LogP contribution >= 0.6 is 27.5 Å². The molecule has 148 valence electrons. The van der Waals surface area contributed by atoms with Crippen LogP contribution in [0.3, 0.4) is 0 Å². The summed E-state index contributed by atoms with van der Waals surface area (Å²) in [5.41, 5.74) is 1.12. The summed E-state index contributed by atoms with van der Waals surface area (Å²) in [6.45, 7) is 3.69. The van der Waals surface area contributed by atoms with Crippen molar-refractivity contribution < 1.29 is 24.2 Å². The summed E-state index contributed by atoms with van der Waals surface area (Å²) in [6, 6.07) is 10.8. The summed E-state index contributed by atoms with van der Waals surface area (Å²) in [5.74, 6) is -1.01. The molecule has 0 bridgehead atoms. The van der Waals surface area contributed by atoms with Gasteiger partial charge in [-0.25, -0.2) is 4.79 Å². The Bertz CT molecular complexity index is 913. The number of halogens is 2. The van der Waals surface area contributed by atoms with Crippen LogP contribution in [0.1, 0.15) is 25.0 Å². The number of aliphatic carboxylic acids is 1. The summed E-state index contributed by atoms with van der Waals surface area (Å²) in [4.78, 5) is 22.5. The Morgan fingerprint density at radius 1 is 1.25 bits per heavy atom. The van der Waals surface area contributed by atoms with Gasteiger partial charge < -0.3 is 19.9 Å². The monoisotopic (exact) mass is 467 g/mol. The van der Waals surface area contributed by atoms with Crippen LogP contribution in [-0.2, 0) is 16.2 Å². The number of benzene rings is 2. The van der Waals surface area contributed by atoms with Crippen molar-refractivity contribution in [2.75, 3.05) is 6.61 Å². The van der Waals surface area contributed by atoms with Crippen LogP contribution in [0, 0.1) is 0 Å². The fourth-order valence-corrected chi connectivity index (χ4v) is 3.08. The molecule has 2 aromatic rings. The standard InChI is InChI=1S/C20H19BrClNO5/c1-3-27-18-10-14(9-17(20(25)26)23-12(2)24)8-16(22)19(18)28-11-13-5-4-6-15(21)7-13/h4-10H,3,11H2,1-2H3,(H,23,24)(H,25,26)/b17-9+. The van der Waals surface area contributed by atoms with Crippen molar-refractivity contribution in [1.29, 1.82) is 0 Å². The summed E-state index contributed by atoms with van der Waals surface area (Å²) >= 11 is 9.77. The normalized spacial score (nSPS) is 11.1. The number of amides is 1. The third-order valence-corrected chi connectivity index (χ3v) is 4.23. The number of carbonyl (C=O) groups is 2. The molecule has 0 aliphatic rings. The van der Waals surface area contributed by atoms with Crippen molar-refractivity contribution in [2.24, 2.45) is 0 Å². The highest BCUT2D eigenvalue weighted by Crippen LogP contribution is 2.38. The first-order valence-corrected chi connectivity index (χ1v) is 9.53. The Labute approximate surface area is 176 Å². The molecule has 0 aliphatic heterocycles. The lowest BCUT2D eigenvalue weighted by Gasteiger charge is -2.15. The number of rotatable bonds is 8. The lowest BCUT2D eigenvalue weighted by molar-refractivity contribution is -0.134. The van der Waals surface area contributed by atoms with E-state index >= 15 is 0 Å². The van der Waals surface area contributed by atoms with E-state index in [2.05, 4.69) is 21.2 Å². The van der Waals surface area contributed by atoms with E-state index in [1.807, 2.05) is 31.2 Å². The zero-order valence-electron chi connectivity index (χ0n) is 15.3. The first-order valence-electron chi connectivity index (χ1n) is 8.36. The number of hydrogen-bond donors (Lipinski definition) is 2. The van der Waals surface area contributed by atoms with Crippen LogP contribution in [0.2, 0.25) is 5.02 Å². The van der Waals surface area contributed by atoms with Crippen molar-refractivity contribution >= 4 is 45.5 Å². The zero-order valence-corrected chi connectivity index (χ0v) is 17.6. The van der Waals surface area contributed by atoms with Crippen LogP contribution in [-0.4, -0.2) is 23.6 Å². The topological polar surface area (TPSA) is 84.9 Å². The molecule has 0 atom stereocenters. The molecule has 28 heavy (non-hydrogen) atoms. The predicted octanol–water partition coefficient (Wildman–Crippen LogP) is 4.64. The van der Waals surface area contributed by atoms with E-state index < -0.39 is 11.9 Å². The van der Waals surface area contributed by atoms with Crippen molar-refractivity contribution in [3.63, 3.8) is 0 Å². The van der Waals surface area contributed by atoms with Gasteiger partial charge >= 0.3 is 5.97 Å². The third-order valence-electron chi connectivity index (χ3n) is 3.46. The first kappa shape index (κ1) is 21.8. The van der Waals surface area contributed by atoms with Gasteiger partial charge in [-0.3, -0.25) is 4.79 Å². The highest BCUT2D eigenvalue weighted by molar-refractivity contribution is 9.10. The molecule has 1 amide bonds. The fraction of sp³-hybridized carbons (Fsp3) is 0.200. The third kappa shape index (κ3) is 6.28. The molecule has 0 radical (unpaired) electrons. The van der Waals surface area contributed by atoms with E-state index in [1.54, 1.807) is 12.1 Å². The summed E-state index contributed by atoms with van der Waals surface area (Å²) in [7, 11) is 0. The second-order valence-electron chi connectivity index (χ2n) is 5.73. The second kappa shape index (κ2) is 10.1. The van der Waals surface area contributed by atoms with Crippen LogP contribution in [0.15, 0.2) is 46.6 Å². The van der Waals surface area contributed by atoms with Crippen LogP contribution < -0.4 is 14.8 Å². The highest BCUT2D eigenvalue weighted by atomic mass is 79.9. The lowest BCUT2D eigenvalue weighted by Crippen LogP contribution is -2.24. The maximum Gasteiger partial charge on any atom is 0.352 e. The van der Waals surface area contributed by atoms with Gasteiger partial charge in [-0.1, -0.05) is 39.7 Å². The Hall–Kier alpha value is -2.51. The molecule has 0 fully saturated rings. The Morgan fingerprint density at radius 3 is 2.61 bits per heavy atom. The second-order valence-corrected chi connectivity index (χ2v) is 7.05. The van der Waals surface area contributed by atoms with E-state index in [1.165, 1.54) is 13.0 Å². The Morgan fingerprint density at radius 2 is 2.00 bits per heavy atom. The van der Waals surface area contributed by atoms with E-state index in [4.69, 9.17) is 21.1 Å². The van der Waals surface area contributed by atoms with Gasteiger partial charge in [-0.15, -0.1) is 0 Å². The minimum atomic E-state index is -1.26. The van der Waals surface area contributed by atoms with Crippen molar-refractivity contribution in [3.05, 3.63) is 62.7 Å². The molecule has 0 saturated carbocycles. The van der Waals surface area contributed by atoms with Gasteiger partial charge in [0.2, 0.25) is 5.91 Å².